The minimum absolute atomic E-state index is 0.0955. The van der Waals surface area contributed by atoms with Gasteiger partial charge in [-0.05, 0) is 59.8 Å². The van der Waals surface area contributed by atoms with Crippen molar-refractivity contribution in [3.8, 4) is 5.69 Å². The number of carbonyl (C=O) groups excluding carboxylic acids is 1. The Labute approximate surface area is 173 Å². The second kappa shape index (κ2) is 8.05. The van der Waals surface area contributed by atoms with E-state index in [-0.39, 0.29) is 11.2 Å². The van der Waals surface area contributed by atoms with Crippen LogP contribution in [0.2, 0.25) is 0 Å². The third kappa shape index (κ3) is 4.00. The number of carbonyl (C=O) groups is 1. The van der Waals surface area contributed by atoms with Crippen molar-refractivity contribution in [1.29, 1.82) is 0 Å². The van der Waals surface area contributed by atoms with Crippen LogP contribution in [-0.4, -0.2) is 31.4 Å². The summed E-state index contributed by atoms with van der Waals surface area (Å²) in [6.07, 6.45) is 0. The summed E-state index contributed by atoms with van der Waals surface area (Å²) in [6.45, 7) is 5.90. The van der Waals surface area contributed by atoms with Gasteiger partial charge in [0.2, 0.25) is 11.1 Å². The van der Waals surface area contributed by atoms with Crippen LogP contribution in [0.3, 0.4) is 0 Å². The van der Waals surface area contributed by atoms with Crippen molar-refractivity contribution in [1.82, 2.24) is 20.2 Å². The van der Waals surface area contributed by atoms with E-state index in [9.17, 15) is 4.79 Å². The number of hydrogen-bond donors (Lipinski definition) is 1. The van der Waals surface area contributed by atoms with Crippen molar-refractivity contribution < 1.29 is 4.79 Å². The Kier molecular flexibility index (Phi) is 5.31. The van der Waals surface area contributed by atoms with Crippen molar-refractivity contribution in [3.05, 3.63) is 71.8 Å². The van der Waals surface area contributed by atoms with Crippen LogP contribution >= 0.6 is 11.8 Å². The third-order valence-corrected chi connectivity index (χ3v) is 5.77. The number of rotatable bonds is 5. The minimum atomic E-state index is -0.371. The fourth-order valence-corrected chi connectivity index (χ4v) is 3.93. The van der Waals surface area contributed by atoms with Crippen LogP contribution in [0.4, 0.5) is 5.69 Å². The molecule has 1 amide bonds. The van der Waals surface area contributed by atoms with E-state index in [0.29, 0.717) is 5.16 Å². The number of thioether (sulfide) groups is 1. The van der Waals surface area contributed by atoms with Gasteiger partial charge in [0.15, 0.2) is 0 Å². The summed E-state index contributed by atoms with van der Waals surface area (Å²) in [5.74, 6) is -0.0955. The van der Waals surface area contributed by atoms with E-state index in [0.717, 1.165) is 33.3 Å². The lowest BCUT2D eigenvalue weighted by Crippen LogP contribution is -2.23. The summed E-state index contributed by atoms with van der Waals surface area (Å²) in [4.78, 5) is 12.8. The Balaban J connectivity index is 1.54. The highest BCUT2D eigenvalue weighted by Gasteiger charge is 2.20. The van der Waals surface area contributed by atoms with Gasteiger partial charge < -0.3 is 5.32 Å². The molecule has 0 aliphatic heterocycles. The molecule has 4 aromatic rings. The standard InChI is InChI=1S/C22H21N5OS/c1-14-11-12-15(2)20(13-14)27-22(24-25-26-27)29-16(3)21(28)23-19-10-6-8-17-7-4-5-9-18(17)19/h4-13,16H,1-3H3,(H,23,28)/t16-/m0/s1. The zero-order chi connectivity index (χ0) is 20.4. The normalized spacial score (nSPS) is 12.1. The Bertz CT molecular complexity index is 1180. The molecule has 0 fully saturated rings. The predicted octanol–water partition coefficient (Wildman–Crippen LogP) is 4.55. The molecule has 1 aromatic heterocycles. The van der Waals surface area contributed by atoms with Crippen LogP contribution in [0.1, 0.15) is 18.1 Å². The fraction of sp³-hybridized carbons (Fsp3) is 0.182. The number of fused-ring (bicyclic) bond motifs is 1. The maximum atomic E-state index is 12.8. The van der Waals surface area contributed by atoms with Crippen LogP contribution in [0.15, 0.2) is 65.8 Å². The van der Waals surface area contributed by atoms with Gasteiger partial charge in [0.25, 0.3) is 0 Å². The van der Waals surface area contributed by atoms with Crippen LogP contribution in [0, 0.1) is 13.8 Å². The summed E-state index contributed by atoms with van der Waals surface area (Å²) in [5.41, 5.74) is 3.91. The third-order valence-electron chi connectivity index (χ3n) is 4.73. The second-order valence-electron chi connectivity index (χ2n) is 6.94. The molecule has 0 saturated heterocycles. The maximum absolute atomic E-state index is 12.8. The highest BCUT2D eigenvalue weighted by molar-refractivity contribution is 8.00. The molecule has 1 atom stereocenters. The van der Waals surface area contributed by atoms with Crippen molar-refractivity contribution >= 4 is 34.1 Å². The monoisotopic (exact) mass is 403 g/mol. The van der Waals surface area contributed by atoms with Crippen molar-refractivity contribution in [2.24, 2.45) is 0 Å². The van der Waals surface area contributed by atoms with Crippen LogP contribution in [-0.2, 0) is 4.79 Å². The van der Waals surface area contributed by atoms with Gasteiger partial charge in [-0.3, -0.25) is 4.79 Å². The average Bonchev–Trinajstić information content (AvgIpc) is 3.18. The smallest absolute Gasteiger partial charge is 0.237 e. The summed E-state index contributed by atoms with van der Waals surface area (Å²) in [5, 5.41) is 17.4. The minimum Gasteiger partial charge on any atom is -0.325 e. The first-order valence-corrected chi connectivity index (χ1v) is 10.2. The van der Waals surface area contributed by atoms with Gasteiger partial charge in [-0.15, -0.1) is 5.10 Å². The Morgan fingerprint density at radius 2 is 1.86 bits per heavy atom. The second-order valence-corrected chi connectivity index (χ2v) is 8.25. The van der Waals surface area contributed by atoms with E-state index in [2.05, 4.69) is 26.9 Å². The molecule has 1 heterocycles. The topological polar surface area (TPSA) is 72.7 Å². The van der Waals surface area contributed by atoms with Crippen LogP contribution in [0.25, 0.3) is 16.5 Å². The van der Waals surface area contributed by atoms with E-state index in [1.54, 1.807) is 4.68 Å². The number of anilines is 1. The fourth-order valence-electron chi connectivity index (χ4n) is 3.13. The van der Waals surface area contributed by atoms with Gasteiger partial charge in [-0.2, -0.15) is 4.68 Å². The lowest BCUT2D eigenvalue weighted by Gasteiger charge is -2.14. The SMILES string of the molecule is Cc1ccc(C)c(-n2nnnc2S[C@@H](C)C(=O)Nc2cccc3ccccc23)c1. The molecule has 0 aliphatic rings. The number of nitrogens with zero attached hydrogens (tertiary/aromatic N) is 4. The van der Waals surface area contributed by atoms with Crippen LogP contribution < -0.4 is 5.32 Å². The molecule has 0 aliphatic carbocycles. The molecule has 1 N–H and O–H groups in total. The van der Waals surface area contributed by atoms with Gasteiger partial charge in [0, 0.05) is 11.1 Å². The molecule has 0 spiro atoms. The number of hydrogen-bond acceptors (Lipinski definition) is 5. The van der Waals surface area contributed by atoms with Crippen molar-refractivity contribution in [3.63, 3.8) is 0 Å². The zero-order valence-electron chi connectivity index (χ0n) is 16.5. The lowest BCUT2D eigenvalue weighted by atomic mass is 10.1. The Morgan fingerprint density at radius 3 is 2.72 bits per heavy atom. The lowest BCUT2D eigenvalue weighted by molar-refractivity contribution is -0.115. The van der Waals surface area contributed by atoms with Gasteiger partial charge in [0.05, 0.1) is 10.9 Å². The van der Waals surface area contributed by atoms with E-state index in [1.165, 1.54) is 11.8 Å². The molecule has 0 saturated carbocycles. The molecular formula is C22H21N5OS. The molecular weight excluding hydrogens is 382 g/mol. The summed E-state index contributed by atoms with van der Waals surface area (Å²) in [6, 6.07) is 20.0. The summed E-state index contributed by atoms with van der Waals surface area (Å²) < 4.78 is 1.69. The Morgan fingerprint density at radius 1 is 1.07 bits per heavy atom. The maximum Gasteiger partial charge on any atom is 0.237 e. The summed E-state index contributed by atoms with van der Waals surface area (Å²) in [7, 11) is 0. The number of nitrogens with one attached hydrogen (secondary N) is 1. The number of tetrazole rings is 1. The van der Waals surface area contributed by atoms with Crippen molar-refractivity contribution in [2.45, 2.75) is 31.2 Å². The zero-order valence-corrected chi connectivity index (χ0v) is 17.3. The molecule has 0 unspecified atom stereocenters. The van der Waals surface area contributed by atoms with Crippen molar-refractivity contribution in [2.75, 3.05) is 5.32 Å². The molecule has 3 aromatic carbocycles. The number of aryl methyl sites for hydroxylation is 2. The first-order chi connectivity index (χ1) is 14.0. The first kappa shape index (κ1) is 19.1. The molecule has 0 bridgehead atoms. The molecule has 0 radical (unpaired) electrons. The number of amides is 1. The largest absolute Gasteiger partial charge is 0.325 e. The van der Waals surface area contributed by atoms with E-state index in [4.69, 9.17) is 0 Å². The first-order valence-electron chi connectivity index (χ1n) is 9.34. The quantitative estimate of drug-likeness (QED) is 0.495. The highest BCUT2D eigenvalue weighted by atomic mass is 32.2. The highest BCUT2D eigenvalue weighted by Crippen LogP contribution is 2.27. The van der Waals surface area contributed by atoms with Crippen LogP contribution in [0.5, 0.6) is 0 Å². The van der Waals surface area contributed by atoms with E-state index >= 15 is 0 Å². The van der Waals surface area contributed by atoms with Gasteiger partial charge in [-0.25, -0.2) is 0 Å². The molecule has 29 heavy (non-hydrogen) atoms. The Hall–Kier alpha value is -3.19. The van der Waals surface area contributed by atoms with Gasteiger partial charge in [0.1, 0.15) is 0 Å². The molecule has 4 rings (SSSR count). The van der Waals surface area contributed by atoms with Gasteiger partial charge in [-0.1, -0.05) is 60.3 Å². The molecule has 7 heteroatoms. The van der Waals surface area contributed by atoms with E-state index in [1.807, 2.05) is 75.4 Å². The summed E-state index contributed by atoms with van der Waals surface area (Å²) >= 11 is 1.33. The van der Waals surface area contributed by atoms with E-state index < -0.39 is 0 Å². The average molecular weight is 404 g/mol. The molecule has 146 valence electrons. The number of benzene rings is 3. The van der Waals surface area contributed by atoms with Gasteiger partial charge >= 0.3 is 0 Å². The molecule has 6 nitrogen and oxygen atoms in total. The number of aromatic nitrogens is 4. The predicted molar refractivity (Wildman–Crippen MR) is 117 cm³/mol.